The first-order valence-electron chi connectivity index (χ1n) is 17.0. The number of carbonyl (C=O) groups is 1. The van der Waals surface area contributed by atoms with Crippen LogP contribution in [0.15, 0.2) is 101 Å². The van der Waals surface area contributed by atoms with E-state index in [1.54, 1.807) is 0 Å². The number of aromatic nitrogens is 1. The molecule has 249 valence electrons. The largest absolute Gasteiger partial charge is 0.512 e. The third-order valence-electron chi connectivity index (χ3n) is 10.1. The summed E-state index contributed by atoms with van der Waals surface area (Å²) in [5.41, 5.74) is 8.39. The maximum atomic E-state index is 11.7. The second kappa shape index (κ2) is 14.6. The van der Waals surface area contributed by atoms with E-state index in [2.05, 4.69) is 86.6 Å². The minimum absolute atomic E-state index is 0. The quantitative estimate of drug-likeness (QED) is 0.0944. The van der Waals surface area contributed by atoms with Crippen molar-refractivity contribution in [3.63, 3.8) is 0 Å². The zero-order valence-corrected chi connectivity index (χ0v) is 31.1. The molecule has 0 saturated heterocycles. The molecule has 0 fully saturated rings. The number of hydrogen-bond donors (Lipinski definition) is 1. The SMILES string of the molecule is CC1(C)c2cc3ccccc3[c-]c2-c2nccc3oc4c(-c5ccccc5)ccc1c4c23.CCC(CC)C(=O)/C=C(\O)C(CC)CC.[Ir]. The normalized spacial score (nSPS) is 13.4. The Morgan fingerprint density at radius 2 is 1.52 bits per heavy atom. The van der Waals surface area contributed by atoms with Crippen LogP contribution in [0.25, 0.3) is 55.1 Å². The fourth-order valence-corrected chi connectivity index (χ4v) is 7.14. The van der Waals surface area contributed by atoms with Crippen molar-refractivity contribution in [2.45, 2.75) is 72.6 Å². The average Bonchev–Trinajstić information content (AvgIpc) is 3.45. The molecular formula is C43H44IrNO3-. The second-order valence-electron chi connectivity index (χ2n) is 13.1. The van der Waals surface area contributed by atoms with E-state index in [1.165, 1.54) is 28.0 Å². The van der Waals surface area contributed by atoms with Gasteiger partial charge in [0, 0.05) is 66.2 Å². The van der Waals surface area contributed by atoms with Crippen molar-refractivity contribution in [1.29, 1.82) is 0 Å². The molecule has 0 spiro atoms. The summed E-state index contributed by atoms with van der Waals surface area (Å²) < 4.78 is 6.54. The first-order chi connectivity index (χ1) is 22.7. The van der Waals surface area contributed by atoms with Crippen LogP contribution < -0.4 is 0 Å². The topological polar surface area (TPSA) is 63.3 Å². The van der Waals surface area contributed by atoms with Crippen LogP contribution in [0.3, 0.4) is 0 Å². The van der Waals surface area contributed by atoms with E-state index < -0.39 is 0 Å². The zero-order chi connectivity index (χ0) is 33.3. The summed E-state index contributed by atoms with van der Waals surface area (Å²) >= 11 is 0. The molecule has 1 N–H and O–H groups in total. The molecule has 48 heavy (non-hydrogen) atoms. The van der Waals surface area contributed by atoms with Gasteiger partial charge in [-0.05, 0) is 48.3 Å². The number of aliphatic hydroxyl groups is 1. The smallest absolute Gasteiger partial charge is 0.162 e. The molecule has 7 rings (SSSR count). The molecule has 4 aromatic carbocycles. The number of aliphatic hydroxyl groups excluding tert-OH is 1. The Morgan fingerprint density at radius 3 is 2.21 bits per heavy atom. The summed E-state index contributed by atoms with van der Waals surface area (Å²) in [6.07, 6.45) is 6.76. The Labute approximate surface area is 297 Å². The predicted molar refractivity (Wildman–Crippen MR) is 195 cm³/mol. The van der Waals surface area contributed by atoms with Gasteiger partial charge in [0.1, 0.15) is 11.2 Å². The van der Waals surface area contributed by atoms with Crippen LogP contribution in [-0.4, -0.2) is 15.9 Å². The molecular weight excluding hydrogens is 771 g/mol. The van der Waals surface area contributed by atoms with Crippen LogP contribution in [0.1, 0.15) is 78.4 Å². The molecule has 0 aliphatic heterocycles. The maximum absolute atomic E-state index is 11.7. The maximum Gasteiger partial charge on any atom is 0.162 e. The summed E-state index contributed by atoms with van der Waals surface area (Å²) in [5.74, 6) is 0.547. The molecule has 4 nitrogen and oxygen atoms in total. The fraction of sp³-hybridized carbons (Fsp3) is 0.302. The Bertz CT molecular complexity index is 2100. The van der Waals surface area contributed by atoms with Gasteiger partial charge in [-0.2, -0.15) is 0 Å². The van der Waals surface area contributed by atoms with Crippen LogP contribution in [0.5, 0.6) is 0 Å². The molecule has 2 aromatic heterocycles. The number of allylic oxidation sites excluding steroid dienone is 2. The molecule has 2 heterocycles. The summed E-state index contributed by atoms with van der Waals surface area (Å²) in [7, 11) is 0. The van der Waals surface area contributed by atoms with Crippen LogP contribution in [-0.2, 0) is 30.3 Å². The third-order valence-corrected chi connectivity index (χ3v) is 10.1. The van der Waals surface area contributed by atoms with Crippen LogP contribution in [0.2, 0.25) is 0 Å². The molecule has 6 aromatic rings. The van der Waals surface area contributed by atoms with Gasteiger partial charge in [-0.15, -0.1) is 23.6 Å². The molecule has 0 unspecified atom stereocenters. The van der Waals surface area contributed by atoms with Crippen LogP contribution in [0, 0.1) is 17.9 Å². The minimum atomic E-state index is -0.235. The van der Waals surface area contributed by atoms with Gasteiger partial charge >= 0.3 is 0 Å². The van der Waals surface area contributed by atoms with Crippen molar-refractivity contribution in [1.82, 2.24) is 4.98 Å². The molecule has 1 aliphatic carbocycles. The predicted octanol–water partition coefficient (Wildman–Crippen LogP) is 11.8. The van der Waals surface area contributed by atoms with Gasteiger partial charge in [0.05, 0.1) is 5.76 Å². The van der Waals surface area contributed by atoms with Crippen molar-refractivity contribution in [2.24, 2.45) is 11.8 Å². The minimum Gasteiger partial charge on any atom is -0.512 e. The van der Waals surface area contributed by atoms with E-state index in [-0.39, 0.29) is 48.9 Å². The van der Waals surface area contributed by atoms with E-state index in [4.69, 9.17) is 9.40 Å². The number of benzene rings is 4. The number of hydrogen-bond acceptors (Lipinski definition) is 4. The van der Waals surface area contributed by atoms with Crippen LogP contribution in [0.4, 0.5) is 0 Å². The fourth-order valence-electron chi connectivity index (χ4n) is 7.14. The molecule has 1 aliphatic rings. The summed E-state index contributed by atoms with van der Waals surface area (Å²) in [4.78, 5) is 16.6. The molecule has 5 heteroatoms. The first kappa shape index (κ1) is 35.3. The number of nitrogens with zero attached hydrogens (tertiary/aromatic N) is 1. The molecule has 0 atom stereocenters. The van der Waals surface area contributed by atoms with Gasteiger partial charge in [0.15, 0.2) is 5.78 Å². The summed E-state index contributed by atoms with van der Waals surface area (Å²) in [6, 6.07) is 31.4. The second-order valence-corrected chi connectivity index (χ2v) is 13.1. The molecule has 0 saturated carbocycles. The van der Waals surface area contributed by atoms with Crippen molar-refractivity contribution >= 4 is 38.5 Å². The number of furan rings is 1. The van der Waals surface area contributed by atoms with Gasteiger partial charge in [-0.3, -0.25) is 9.78 Å². The van der Waals surface area contributed by atoms with E-state index >= 15 is 0 Å². The summed E-state index contributed by atoms with van der Waals surface area (Å²) in [6.45, 7) is 12.7. The van der Waals surface area contributed by atoms with Crippen molar-refractivity contribution in [3.05, 3.63) is 114 Å². The molecule has 0 amide bonds. The first-order valence-corrected chi connectivity index (χ1v) is 17.0. The van der Waals surface area contributed by atoms with Crippen molar-refractivity contribution < 1.29 is 34.4 Å². The Hall–Kier alpha value is -4.05. The van der Waals surface area contributed by atoms with E-state index in [9.17, 15) is 9.90 Å². The number of pyridine rings is 1. The number of carbonyl (C=O) groups excluding carboxylic acids is 1. The monoisotopic (exact) mass is 815 g/mol. The van der Waals surface area contributed by atoms with E-state index in [0.717, 1.165) is 70.0 Å². The van der Waals surface area contributed by atoms with Gasteiger partial charge in [0.2, 0.25) is 0 Å². The number of rotatable bonds is 8. The van der Waals surface area contributed by atoms with E-state index in [1.807, 2.05) is 46.0 Å². The van der Waals surface area contributed by atoms with Crippen LogP contribution >= 0.6 is 0 Å². The molecule has 1 radical (unpaired) electrons. The van der Waals surface area contributed by atoms with E-state index in [0.29, 0.717) is 0 Å². The Morgan fingerprint density at radius 1 is 0.854 bits per heavy atom. The summed E-state index contributed by atoms with van der Waals surface area (Å²) in [5, 5.41) is 14.3. The Balaban J connectivity index is 0.000000243. The van der Waals surface area contributed by atoms with Gasteiger partial charge < -0.3 is 9.52 Å². The van der Waals surface area contributed by atoms with Crippen molar-refractivity contribution in [2.75, 3.05) is 0 Å². The standard InChI is InChI=1S/C30H20NO.C13H24O2.Ir/c1-30(2)23-13-12-21(18-8-4-3-5-9-18)29-26(23)27-25(32-29)14-15-31-28(27)22-16-19-10-6-7-11-20(19)17-24(22)30;1-5-10(6-2)12(14)9-13(15)11(7-3)8-4;/h3-15,17H,1-2H3;9-11,14H,5-8H2,1-4H3;/q-1;;/b;12-9-;. The van der Waals surface area contributed by atoms with Gasteiger partial charge in [-0.25, -0.2) is 0 Å². The zero-order valence-electron chi connectivity index (χ0n) is 28.7. The Kier molecular flexibility index (Phi) is 10.7. The molecule has 0 bridgehead atoms. The third kappa shape index (κ3) is 6.27. The van der Waals surface area contributed by atoms with Crippen molar-refractivity contribution in [3.8, 4) is 22.4 Å². The van der Waals surface area contributed by atoms with Gasteiger partial charge in [0.25, 0.3) is 0 Å². The van der Waals surface area contributed by atoms with Gasteiger partial charge in [-0.1, -0.05) is 119 Å². The number of ketones is 1. The number of fused-ring (bicyclic) bond motifs is 3. The average molecular weight is 815 g/mol.